The molecule has 0 amide bonds. The molecule has 4 heteroatoms. The molecule has 3 nitrogen and oxygen atoms in total. The normalized spacial score (nSPS) is 17.7. The van der Waals surface area contributed by atoms with E-state index in [-0.39, 0.29) is 11.9 Å². The summed E-state index contributed by atoms with van der Waals surface area (Å²) in [6.45, 7) is 2.10. The standard InChI is InChI=1S/C15H16O3S/c1-9-3-6-15(19-9)12-5-4-11-13(17-2)7-10(16)8-14(11)18-12/h3,6-8,12,16H,4-5H2,1-2H3. The second-order valence-corrected chi connectivity index (χ2v) is 6.04. The largest absolute Gasteiger partial charge is 0.508 e. The highest BCUT2D eigenvalue weighted by Gasteiger charge is 2.25. The van der Waals surface area contributed by atoms with E-state index in [1.165, 1.54) is 9.75 Å². The van der Waals surface area contributed by atoms with Gasteiger partial charge in [-0.3, -0.25) is 0 Å². The van der Waals surface area contributed by atoms with E-state index in [4.69, 9.17) is 9.47 Å². The first-order valence-corrected chi connectivity index (χ1v) is 7.12. The first-order chi connectivity index (χ1) is 9.17. The van der Waals surface area contributed by atoms with Crippen molar-refractivity contribution in [2.45, 2.75) is 25.9 Å². The van der Waals surface area contributed by atoms with Gasteiger partial charge in [0.2, 0.25) is 0 Å². The molecule has 2 heterocycles. The molecule has 1 atom stereocenters. The minimum atomic E-state index is 0.0812. The molecule has 1 aromatic heterocycles. The third-order valence-corrected chi connectivity index (χ3v) is 4.47. The highest BCUT2D eigenvalue weighted by Crippen LogP contribution is 2.43. The maximum atomic E-state index is 9.70. The van der Waals surface area contributed by atoms with Gasteiger partial charge in [0.05, 0.1) is 7.11 Å². The van der Waals surface area contributed by atoms with Crippen LogP contribution in [0.25, 0.3) is 0 Å². The molecule has 0 bridgehead atoms. The fraction of sp³-hybridized carbons (Fsp3) is 0.333. The molecule has 3 rings (SSSR count). The summed E-state index contributed by atoms with van der Waals surface area (Å²) in [5.41, 5.74) is 1.05. The Morgan fingerprint density at radius 2 is 2.21 bits per heavy atom. The van der Waals surface area contributed by atoms with E-state index in [0.717, 1.165) is 24.2 Å². The lowest BCUT2D eigenvalue weighted by Gasteiger charge is -2.26. The third-order valence-electron chi connectivity index (χ3n) is 3.38. The summed E-state index contributed by atoms with van der Waals surface area (Å²) in [5, 5.41) is 9.70. The molecule has 0 fully saturated rings. The van der Waals surface area contributed by atoms with Crippen LogP contribution in [-0.2, 0) is 6.42 Å². The maximum absolute atomic E-state index is 9.70. The molecule has 0 aliphatic carbocycles. The van der Waals surface area contributed by atoms with Gasteiger partial charge in [0, 0.05) is 27.5 Å². The van der Waals surface area contributed by atoms with Crippen molar-refractivity contribution in [1.82, 2.24) is 0 Å². The molecule has 1 aliphatic rings. The molecule has 19 heavy (non-hydrogen) atoms. The predicted molar refractivity (Wildman–Crippen MR) is 75.4 cm³/mol. The number of methoxy groups -OCH3 is 1. The lowest BCUT2D eigenvalue weighted by Crippen LogP contribution is -2.14. The van der Waals surface area contributed by atoms with Crippen LogP contribution in [-0.4, -0.2) is 12.2 Å². The van der Waals surface area contributed by atoms with Crippen LogP contribution >= 0.6 is 11.3 Å². The Balaban J connectivity index is 1.93. The molecule has 1 N–H and O–H groups in total. The van der Waals surface area contributed by atoms with Crippen molar-refractivity contribution >= 4 is 11.3 Å². The first kappa shape index (κ1) is 12.4. The Labute approximate surface area is 116 Å². The number of phenolic OH excluding ortho intramolecular Hbond substituents is 1. The molecule has 100 valence electrons. The van der Waals surface area contributed by atoms with E-state index in [1.807, 2.05) is 0 Å². The Bertz CT molecular complexity index is 603. The Morgan fingerprint density at radius 3 is 2.89 bits per heavy atom. The summed E-state index contributed by atoms with van der Waals surface area (Å²) in [6, 6.07) is 7.54. The number of phenols is 1. The summed E-state index contributed by atoms with van der Waals surface area (Å²) in [5.74, 6) is 1.62. The molecule has 1 unspecified atom stereocenters. The highest BCUT2D eigenvalue weighted by molar-refractivity contribution is 7.12. The van der Waals surface area contributed by atoms with Crippen LogP contribution in [0.2, 0.25) is 0 Å². The minimum Gasteiger partial charge on any atom is -0.508 e. The zero-order chi connectivity index (χ0) is 13.4. The number of rotatable bonds is 2. The van der Waals surface area contributed by atoms with Gasteiger partial charge >= 0.3 is 0 Å². The van der Waals surface area contributed by atoms with Crippen molar-refractivity contribution in [3.63, 3.8) is 0 Å². The predicted octanol–water partition coefficient (Wildman–Crippen LogP) is 3.84. The van der Waals surface area contributed by atoms with E-state index < -0.39 is 0 Å². The lowest BCUT2D eigenvalue weighted by molar-refractivity contribution is 0.177. The highest BCUT2D eigenvalue weighted by atomic mass is 32.1. The Morgan fingerprint density at radius 1 is 1.37 bits per heavy atom. The van der Waals surface area contributed by atoms with Crippen molar-refractivity contribution < 1.29 is 14.6 Å². The molecule has 0 saturated heterocycles. The van der Waals surface area contributed by atoms with Gasteiger partial charge in [0.15, 0.2) is 0 Å². The van der Waals surface area contributed by atoms with Gasteiger partial charge in [-0.25, -0.2) is 0 Å². The van der Waals surface area contributed by atoms with Gasteiger partial charge < -0.3 is 14.6 Å². The third kappa shape index (κ3) is 2.28. The maximum Gasteiger partial charge on any atom is 0.133 e. The summed E-state index contributed by atoms with van der Waals surface area (Å²) in [4.78, 5) is 2.53. The van der Waals surface area contributed by atoms with Gasteiger partial charge in [-0.1, -0.05) is 0 Å². The smallest absolute Gasteiger partial charge is 0.133 e. The van der Waals surface area contributed by atoms with E-state index in [9.17, 15) is 5.11 Å². The fourth-order valence-electron chi connectivity index (χ4n) is 2.45. The van der Waals surface area contributed by atoms with Crippen molar-refractivity contribution in [3.8, 4) is 17.2 Å². The number of benzene rings is 1. The summed E-state index contributed by atoms with van der Waals surface area (Å²) < 4.78 is 11.3. The molecular formula is C15H16O3S. The number of hydrogen-bond acceptors (Lipinski definition) is 4. The Hall–Kier alpha value is -1.68. The SMILES string of the molecule is COc1cc(O)cc2c1CCC(c1ccc(C)s1)O2. The van der Waals surface area contributed by atoms with Crippen molar-refractivity contribution in [1.29, 1.82) is 0 Å². The summed E-state index contributed by atoms with van der Waals surface area (Å²) in [7, 11) is 1.61. The van der Waals surface area contributed by atoms with Gasteiger partial charge in [-0.05, 0) is 31.9 Å². The molecule has 0 spiro atoms. The minimum absolute atomic E-state index is 0.0812. The molecular weight excluding hydrogens is 260 g/mol. The van der Waals surface area contributed by atoms with E-state index >= 15 is 0 Å². The molecule has 1 aliphatic heterocycles. The van der Waals surface area contributed by atoms with Crippen LogP contribution in [0.1, 0.15) is 27.8 Å². The second kappa shape index (κ2) is 4.78. The average molecular weight is 276 g/mol. The average Bonchev–Trinajstić information content (AvgIpc) is 2.83. The molecule has 0 radical (unpaired) electrons. The molecule has 2 aromatic rings. The lowest BCUT2D eigenvalue weighted by atomic mass is 10.00. The zero-order valence-electron chi connectivity index (χ0n) is 11.0. The second-order valence-electron chi connectivity index (χ2n) is 4.72. The van der Waals surface area contributed by atoms with Crippen LogP contribution in [0.15, 0.2) is 24.3 Å². The van der Waals surface area contributed by atoms with Crippen LogP contribution in [0.4, 0.5) is 0 Å². The number of aromatic hydroxyl groups is 1. The number of hydrogen-bond donors (Lipinski definition) is 1. The first-order valence-electron chi connectivity index (χ1n) is 6.30. The number of ether oxygens (including phenoxy) is 2. The van der Waals surface area contributed by atoms with Gasteiger partial charge in [-0.15, -0.1) is 11.3 Å². The quantitative estimate of drug-likeness (QED) is 0.905. The van der Waals surface area contributed by atoms with E-state index in [0.29, 0.717) is 5.75 Å². The topological polar surface area (TPSA) is 38.7 Å². The number of thiophene rings is 1. The fourth-order valence-corrected chi connectivity index (χ4v) is 3.40. The van der Waals surface area contributed by atoms with Gasteiger partial charge in [0.1, 0.15) is 23.4 Å². The van der Waals surface area contributed by atoms with Gasteiger partial charge in [-0.2, -0.15) is 0 Å². The van der Waals surface area contributed by atoms with Crippen LogP contribution in [0.3, 0.4) is 0 Å². The molecule has 1 aromatic carbocycles. The monoisotopic (exact) mass is 276 g/mol. The van der Waals surface area contributed by atoms with Crippen LogP contribution < -0.4 is 9.47 Å². The van der Waals surface area contributed by atoms with Crippen LogP contribution in [0.5, 0.6) is 17.2 Å². The summed E-state index contributed by atoms with van der Waals surface area (Å²) >= 11 is 1.76. The van der Waals surface area contributed by atoms with E-state index in [2.05, 4.69) is 19.1 Å². The Kier molecular flexibility index (Phi) is 3.11. The number of aryl methyl sites for hydroxylation is 1. The summed E-state index contributed by atoms with van der Waals surface area (Å²) in [6.07, 6.45) is 1.92. The molecule has 0 saturated carbocycles. The van der Waals surface area contributed by atoms with Gasteiger partial charge in [0.25, 0.3) is 0 Å². The van der Waals surface area contributed by atoms with Crippen LogP contribution in [0, 0.1) is 6.92 Å². The van der Waals surface area contributed by atoms with E-state index in [1.54, 1.807) is 30.6 Å². The van der Waals surface area contributed by atoms with Crippen molar-refractivity contribution in [3.05, 3.63) is 39.6 Å². The zero-order valence-corrected chi connectivity index (χ0v) is 11.8. The van der Waals surface area contributed by atoms with Crippen molar-refractivity contribution in [2.24, 2.45) is 0 Å². The van der Waals surface area contributed by atoms with Crippen molar-refractivity contribution in [2.75, 3.05) is 7.11 Å². The number of fused-ring (bicyclic) bond motifs is 1.